The molecule has 1 aromatic carbocycles. The van der Waals surface area contributed by atoms with Gasteiger partial charge in [0.1, 0.15) is 11.6 Å². The average molecular weight is 380 g/mol. The summed E-state index contributed by atoms with van der Waals surface area (Å²) >= 11 is 0. The fraction of sp³-hybridized carbons (Fsp3) is 0.0909. The van der Waals surface area contributed by atoms with Crippen molar-refractivity contribution in [3.63, 3.8) is 0 Å². The minimum absolute atomic E-state index is 0.465. The third-order valence-electron chi connectivity index (χ3n) is 4.79. The average Bonchev–Trinajstić information content (AvgIpc) is 3.41. The van der Waals surface area contributed by atoms with E-state index in [4.69, 9.17) is 9.68 Å². The van der Waals surface area contributed by atoms with Crippen LogP contribution in [0.2, 0.25) is 0 Å². The number of H-pyrrole nitrogens is 1. The van der Waals surface area contributed by atoms with Gasteiger partial charge in [0.2, 0.25) is 0 Å². The van der Waals surface area contributed by atoms with Gasteiger partial charge in [-0.25, -0.2) is 9.97 Å². The highest BCUT2D eigenvalue weighted by Crippen LogP contribution is 2.26. The third-order valence-corrected chi connectivity index (χ3v) is 4.79. The minimum atomic E-state index is 0.465. The second kappa shape index (κ2) is 7.09. The van der Waals surface area contributed by atoms with Crippen molar-refractivity contribution >= 4 is 27.8 Å². The predicted molar refractivity (Wildman–Crippen MR) is 110 cm³/mol. The van der Waals surface area contributed by atoms with E-state index in [0.29, 0.717) is 40.4 Å². The Kier molecular flexibility index (Phi) is 4.15. The van der Waals surface area contributed by atoms with Gasteiger partial charge < -0.3 is 14.7 Å². The maximum atomic E-state index is 9.12. The SMILES string of the molecule is N#Cc1cncc(-c2nc(NCCc3c[nH]c4ccccc34)c3occc3n2)c1. The summed E-state index contributed by atoms with van der Waals surface area (Å²) in [4.78, 5) is 16.6. The van der Waals surface area contributed by atoms with Gasteiger partial charge in [-0.2, -0.15) is 5.26 Å². The lowest BCUT2D eigenvalue weighted by Crippen LogP contribution is -2.07. The van der Waals surface area contributed by atoms with Gasteiger partial charge in [-0.1, -0.05) is 18.2 Å². The molecule has 0 atom stereocenters. The highest BCUT2D eigenvalue weighted by Gasteiger charge is 2.13. The van der Waals surface area contributed by atoms with Crippen LogP contribution in [-0.4, -0.2) is 26.5 Å². The summed E-state index contributed by atoms with van der Waals surface area (Å²) in [6.07, 6.45) is 7.63. The molecule has 7 heteroatoms. The molecular formula is C22H16N6O. The molecule has 0 radical (unpaired) electrons. The van der Waals surface area contributed by atoms with Crippen molar-refractivity contribution in [2.45, 2.75) is 6.42 Å². The largest absolute Gasteiger partial charge is 0.459 e. The Bertz CT molecular complexity index is 1360. The molecule has 0 aliphatic rings. The fourth-order valence-electron chi connectivity index (χ4n) is 3.39. The Labute approximate surface area is 166 Å². The first kappa shape index (κ1) is 17.0. The Morgan fingerprint density at radius 3 is 3.00 bits per heavy atom. The van der Waals surface area contributed by atoms with Crippen LogP contribution in [-0.2, 0) is 6.42 Å². The van der Waals surface area contributed by atoms with Crippen LogP contribution in [0.5, 0.6) is 0 Å². The van der Waals surface area contributed by atoms with Crippen LogP contribution in [0, 0.1) is 11.3 Å². The molecule has 2 N–H and O–H groups in total. The molecule has 0 aliphatic carbocycles. The number of anilines is 1. The van der Waals surface area contributed by atoms with Crippen LogP contribution >= 0.6 is 0 Å². The van der Waals surface area contributed by atoms with E-state index < -0.39 is 0 Å². The molecule has 0 fully saturated rings. The van der Waals surface area contributed by atoms with E-state index in [1.54, 1.807) is 24.6 Å². The number of hydrogen-bond donors (Lipinski definition) is 2. The van der Waals surface area contributed by atoms with Crippen molar-refractivity contribution < 1.29 is 4.42 Å². The molecule has 5 rings (SSSR count). The first-order valence-corrected chi connectivity index (χ1v) is 9.21. The van der Waals surface area contributed by atoms with E-state index in [2.05, 4.69) is 43.5 Å². The molecule has 140 valence electrons. The summed E-state index contributed by atoms with van der Waals surface area (Å²) < 4.78 is 5.58. The number of furan rings is 1. The van der Waals surface area contributed by atoms with Gasteiger partial charge in [0.05, 0.1) is 11.8 Å². The number of nitrogens with zero attached hydrogens (tertiary/aromatic N) is 4. The Morgan fingerprint density at radius 1 is 1.14 bits per heavy atom. The van der Waals surface area contributed by atoms with Crippen molar-refractivity contribution in [1.29, 1.82) is 5.26 Å². The number of para-hydroxylation sites is 1. The van der Waals surface area contributed by atoms with Gasteiger partial charge in [-0.05, 0) is 24.1 Å². The molecule has 0 aliphatic heterocycles. The molecule has 29 heavy (non-hydrogen) atoms. The van der Waals surface area contributed by atoms with Gasteiger partial charge in [0.15, 0.2) is 17.2 Å². The number of fused-ring (bicyclic) bond motifs is 2. The predicted octanol–water partition coefficient (Wildman–Crippen LogP) is 4.29. The standard InChI is InChI=1S/C22H16N6O/c23-10-14-9-16(12-24-11-14)21-27-19-6-8-29-20(19)22(28-21)25-7-5-15-13-26-18-4-2-1-3-17(15)18/h1-4,6,8-9,11-13,26H,5,7H2,(H,25,27,28). The molecular weight excluding hydrogens is 364 g/mol. The lowest BCUT2D eigenvalue weighted by Gasteiger charge is -2.08. The molecule has 5 aromatic rings. The lowest BCUT2D eigenvalue weighted by atomic mass is 10.1. The first-order valence-electron chi connectivity index (χ1n) is 9.21. The lowest BCUT2D eigenvalue weighted by molar-refractivity contribution is 0.614. The first-order chi connectivity index (χ1) is 14.3. The zero-order chi connectivity index (χ0) is 19.6. The summed E-state index contributed by atoms with van der Waals surface area (Å²) in [5, 5.41) is 13.7. The van der Waals surface area contributed by atoms with Gasteiger partial charge in [-0.15, -0.1) is 0 Å². The van der Waals surface area contributed by atoms with Crippen molar-refractivity contribution in [3.8, 4) is 17.5 Å². The van der Waals surface area contributed by atoms with Crippen LogP contribution in [0.25, 0.3) is 33.4 Å². The summed E-state index contributed by atoms with van der Waals surface area (Å²) in [7, 11) is 0. The summed E-state index contributed by atoms with van der Waals surface area (Å²) in [6.45, 7) is 0.685. The summed E-state index contributed by atoms with van der Waals surface area (Å²) in [6, 6.07) is 13.9. The molecule has 0 bridgehead atoms. The van der Waals surface area contributed by atoms with Crippen molar-refractivity contribution in [3.05, 3.63) is 72.4 Å². The number of rotatable bonds is 5. The van der Waals surface area contributed by atoms with Gasteiger partial charge in [-0.3, -0.25) is 4.98 Å². The minimum Gasteiger partial charge on any atom is -0.459 e. The molecule has 0 saturated carbocycles. The van der Waals surface area contributed by atoms with Gasteiger partial charge >= 0.3 is 0 Å². The number of pyridine rings is 1. The number of hydrogen-bond acceptors (Lipinski definition) is 6. The molecule has 4 aromatic heterocycles. The van der Waals surface area contributed by atoms with Crippen molar-refractivity contribution in [2.24, 2.45) is 0 Å². The number of benzene rings is 1. The molecule has 0 unspecified atom stereocenters. The number of nitrogens with one attached hydrogen (secondary N) is 2. The topological polar surface area (TPSA) is 103 Å². The molecule has 0 saturated heterocycles. The van der Waals surface area contributed by atoms with Crippen LogP contribution in [0.4, 0.5) is 5.82 Å². The zero-order valence-corrected chi connectivity index (χ0v) is 15.4. The highest BCUT2D eigenvalue weighted by atomic mass is 16.3. The Hall–Kier alpha value is -4.18. The molecule has 0 amide bonds. The van der Waals surface area contributed by atoms with Crippen LogP contribution in [0.3, 0.4) is 0 Å². The smallest absolute Gasteiger partial charge is 0.194 e. The zero-order valence-electron chi connectivity index (χ0n) is 15.4. The second-order valence-corrected chi connectivity index (χ2v) is 6.64. The second-order valence-electron chi connectivity index (χ2n) is 6.64. The van der Waals surface area contributed by atoms with Crippen LogP contribution < -0.4 is 5.32 Å². The Morgan fingerprint density at radius 2 is 2.07 bits per heavy atom. The van der Waals surface area contributed by atoms with E-state index in [-0.39, 0.29) is 0 Å². The molecule has 7 nitrogen and oxygen atoms in total. The molecule has 4 heterocycles. The monoisotopic (exact) mass is 380 g/mol. The normalized spacial score (nSPS) is 11.0. The van der Waals surface area contributed by atoms with E-state index in [0.717, 1.165) is 11.9 Å². The number of aromatic nitrogens is 4. The summed E-state index contributed by atoms with van der Waals surface area (Å²) in [5.74, 6) is 1.12. The maximum absolute atomic E-state index is 9.12. The highest BCUT2D eigenvalue weighted by molar-refractivity contribution is 5.86. The van der Waals surface area contributed by atoms with Crippen molar-refractivity contribution in [1.82, 2.24) is 19.9 Å². The third kappa shape index (κ3) is 3.17. The quantitative estimate of drug-likeness (QED) is 0.471. The van der Waals surface area contributed by atoms with Gasteiger partial charge in [0, 0.05) is 47.7 Å². The van der Waals surface area contributed by atoms with Gasteiger partial charge in [0.25, 0.3) is 0 Å². The maximum Gasteiger partial charge on any atom is 0.194 e. The van der Waals surface area contributed by atoms with E-state index >= 15 is 0 Å². The number of nitriles is 1. The van der Waals surface area contributed by atoms with E-state index in [9.17, 15) is 0 Å². The van der Waals surface area contributed by atoms with E-state index in [1.807, 2.05) is 18.3 Å². The van der Waals surface area contributed by atoms with Crippen LogP contribution in [0.15, 0.2) is 65.7 Å². The fourth-order valence-corrected chi connectivity index (χ4v) is 3.39. The van der Waals surface area contributed by atoms with Crippen LogP contribution in [0.1, 0.15) is 11.1 Å². The van der Waals surface area contributed by atoms with E-state index in [1.165, 1.54) is 17.1 Å². The summed E-state index contributed by atoms with van der Waals surface area (Å²) in [5.41, 5.74) is 4.83. The van der Waals surface area contributed by atoms with Crippen molar-refractivity contribution in [2.75, 3.05) is 11.9 Å². The molecule has 0 spiro atoms. The number of aromatic amines is 1. The Balaban J connectivity index is 1.43.